The van der Waals surface area contributed by atoms with Crippen LogP contribution in [0.25, 0.3) is 0 Å². The maximum absolute atomic E-state index is 6.04. The Hall–Kier alpha value is -0.0400. The number of hydrogen-bond donors (Lipinski definition) is 0. The lowest BCUT2D eigenvalue weighted by molar-refractivity contribution is -0.0569. The lowest BCUT2D eigenvalue weighted by Crippen LogP contribution is -2.31. The van der Waals surface area contributed by atoms with E-state index in [1.165, 1.54) is 44.9 Å². The fourth-order valence-corrected chi connectivity index (χ4v) is 2.14. The van der Waals surface area contributed by atoms with Gasteiger partial charge in [0, 0.05) is 0 Å². The van der Waals surface area contributed by atoms with Crippen molar-refractivity contribution >= 4 is 0 Å². The zero-order valence-electron chi connectivity index (χ0n) is 13.0. The largest absolute Gasteiger partial charge is 0.375 e. The molecule has 104 valence electrons. The first-order valence-corrected chi connectivity index (χ1v) is 7.53. The number of rotatable bonds is 9. The van der Waals surface area contributed by atoms with Gasteiger partial charge < -0.3 is 4.74 Å². The van der Waals surface area contributed by atoms with Gasteiger partial charge in [0.2, 0.25) is 0 Å². The van der Waals surface area contributed by atoms with Crippen molar-refractivity contribution < 1.29 is 4.74 Å². The van der Waals surface area contributed by atoms with Crippen LogP contribution in [0, 0.1) is 5.41 Å². The second-order valence-electron chi connectivity index (χ2n) is 6.60. The van der Waals surface area contributed by atoms with E-state index in [4.69, 9.17) is 4.74 Å². The summed E-state index contributed by atoms with van der Waals surface area (Å²) in [6.07, 6.45) is 10.2. The Morgan fingerprint density at radius 2 is 1.41 bits per heavy atom. The van der Waals surface area contributed by atoms with E-state index in [1.54, 1.807) is 0 Å². The van der Waals surface area contributed by atoms with Crippen LogP contribution >= 0.6 is 0 Å². The van der Waals surface area contributed by atoms with Crippen LogP contribution in [0.5, 0.6) is 0 Å². The molecular formula is C16H34O. The number of unbranched alkanes of at least 4 members (excludes halogenated alkanes) is 5. The van der Waals surface area contributed by atoms with Crippen LogP contribution in [0.4, 0.5) is 0 Å². The van der Waals surface area contributed by atoms with Crippen LogP contribution in [0.15, 0.2) is 0 Å². The number of hydrogen-bond acceptors (Lipinski definition) is 1. The van der Waals surface area contributed by atoms with E-state index in [1.807, 2.05) is 0 Å². The fraction of sp³-hybridized carbons (Fsp3) is 1.00. The van der Waals surface area contributed by atoms with Crippen LogP contribution in [-0.4, -0.2) is 12.2 Å². The van der Waals surface area contributed by atoms with Crippen LogP contribution < -0.4 is 0 Å². The molecule has 0 N–H and O–H groups in total. The minimum absolute atomic E-state index is 0.272. The van der Waals surface area contributed by atoms with Crippen LogP contribution in [0.1, 0.15) is 86.5 Å². The normalized spacial score (nSPS) is 14.3. The lowest BCUT2D eigenvalue weighted by Gasteiger charge is -2.32. The van der Waals surface area contributed by atoms with E-state index in [0.717, 1.165) is 0 Å². The zero-order valence-corrected chi connectivity index (χ0v) is 13.0. The maximum atomic E-state index is 6.04. The molecule has 0 heterocycles. The van der Waals surface area contributed by atoms with Crippen molar-refractivity contribution in [1.29, 1.82) is 0 Å². The Labute approximate surface area is 109 Å². The van der Waals surface area contributed by atoms with Gasteiger partial charge in [0.25, 0.3) is 0 Å². The van der Waals surface area contributed by atoms with Crippen LogP contribution in [0.3, 0.4) is 0 Å². The summed E-state index contributed by atoms with van der Waals surface area (Å²) in [5.74, 6) is 0. The predicted molar refractivity (Wildman–Crippen MR) is 77.5 cm³/mol. The van der Waals surface area contributed by atoms with Crippen molar-refractivity contribution in [3.05, 3.63) is 0 Å². The van der Waals surface area contributed by atoms with Gasteiger partial charge in [-0.15, -0.1) is 0 Å². The minimum Gasteiger partial charge on any atom is -0.375 e. The Bertz CT molecular complexity index is 167. The highest BCUT2D eigenvalue weighted by molar-refractivity contribution is 4.75. The van der Waals surface area contributed by atoms with Crippen molar-refractivity contribution in [3.8, 4) is 0 Å². The van der Waals surface area contributed by atoms with Crippen molar-refractivity contribution in [2.45, 2.75) is 98.7 Å². The van der Waals surface area contributed by atoms with E-state index < -0.39 is 0 Å². The molecule has 1 unspecified atom stereocenters. The summed E-state index contributed by atoms with van der Waals surface area (Å²) < 4.78 is 6.04. The summed E-state index contributed by atoms with van der Waals surface area (Å²) in [6, 6.07) is 0. The summed E-state index contributed by atoms with van der Waals surface area (Å²) >= 11 is 0. The molecule has 0 aliphatic carbocycles. The van der Waals surface area contributed by atoms with Gasteiger partial charge in [0.15, 0.2) is 0 Å². The molecule has 1 heteroatoms. The molecular weight excluding hydrogens is 208 g/mol. The second kappa shape index (κ2) is 8.97. The molecule has 0 fully saturated rings. The lowest BCUT2D eigenvalue weighted by atomic mass is 9.85. The van der Waals surface area contributed by atoms with Gasteiger partial charge in [0.05, 0.1) is 12.2 Å². The molecule has 1 nitrogen and oxygen atoms in total. The van der Waals surface area contributed by atoms with Crippen LogP contribution in [-0.2, 0) is 4.74 Å². The van der Waals surface area contributed by atoms with Crippen LogP contribution in [0.2, 0.25) is 0 Å². The van der Waals surface area contributed by atoms with Gasteiger partial charge in [-0.3, -0.25) is 0 Å². The van der Waals surface area contributed by atoms with Gasteiger partial charge in [0.1, 0.15) is 0 Å². The molecule has 0 rings (SSSR count). The molecule has 17 heavy (non-hydrogen) atoms. The Morgan fingerprint density at radius 1 is 0.882 bits per heavy atom. The Balaban J connectivity index is 3.77. The molecule has 0 spiro atoms. The van der Waals surface area contributed by atoms with Gasteiger partial charge in [-0.1, -0.05) is 66.2 Å². The fourth-order valence-electron chi connectivity index (χ4n) is 2.14. The maximum Gasteiger partial charge on any atom is 0.0626 e. The summed E-state index contributed by atoms with van der Waals surface area (Å²) in [5.41, 5.74) is 0.272. The molecule has 0 radical (unpaired) electrons. The highest BCUT2D eigenvalue weighted by Crippen LogP contribution is 2.27. The van der Waals surface area contributed by atoms with Crippen molar-refractivity contribution in [1.82, 2.24) is 0 Å². The average Bonchev–Trinajstić information content (AvgIpc) is 2.19. The third-order valence-corrected chi connectivity index (χ3v) is 3.22. The second-order valence-corrected chi connectivity index (χ2v) is 6.60. The quantitative estimate of drug-likeness (QED) is 0.480. The van der Waals surface area contributed by atoms with Crippen molar-refractivity contribution in [2.75, 3.05) is 0 Å². The van der Waals surface area contributed by atoms with Gasteiger partial charge >= 0.3 is 0 Å². The molecule has 0 aromatic rings. The SMILES string of the molecule is CCCCCCCCC(OC(C)C)C(C)(C)C. The van der Waals surface area contributed by atoms with E-state index in [-0.39, 0.29) is 5.41 Å². The molecule has 0 aromatic heterocycles. The molecule has 0 aliphatic rings. The smallest absolute Gasteiger partial charge is 0.0626 e. The van der Waals surface area contributed by atoms with Gasteiger partial charge in [-0.25, -0.2) is 0 Å². The summed E-state index contributed by atoms with van der Waals surface area (Å²) in [4.78, 5) is 0. The summed E-state index contributed by atoms with van der Waals surface area (Å²) in [7, 11) is 0. The summed E-state index contributed by atoms with van der Waals surface area (Å²) in [5, 5.41) is 0. The van der Waals surface area contributed by atoms with E-state index in [2.05, 4.69) is 41.5 Å². The third kappa shape index (κ3) is 9.64. The third-order valence-electron chi connectivity index (χ3n) is 3.22. The summed E-state index contributed by atoms with van der Waals surface area (Å²) in [6.45, 7) is 13.4. The first kappa shape index (κ1) is 17.0. The standard InChI is InChI=1S/C16H34O/c1-7-8-9-10-11-12-13-15(16(4,5)6)17-14(2)3/h14-15H,7-13H2,1-6H3. The van der Waals surface area contributed by atoms with Gasteiger partial charge in [-0.05, 0) is 25.7 Å². The minimum atomic E-state index is 0.272. The topological polar surface area (TPSA) is 9.23 Å². The zero-order chi connectivity index (χ0) is 13.3. The van der Waals surface area contributed by atoms with Crippen molar-refractivity contribution in [3.63, 3.8) is 0 Å². The Morgan fingerprint density at radius 3 is 1.88 bits per heavy atom. The molecule has 0 bridgehead atoms. The highest BCUT2D eigenvalue weighted by atomic mass is 16.5. The van der Waals surface area contributed by atoms with E-state index in [0.29, 0.717) is 12.2 Å². The molecule has 0 saturated heterocycles. The van der Waals surface area contributed by atoms with E-state index in [9.17, 15) is 0 Å². The Kier molecular flexibility index (Phi) is 8.94. The monoisotopic (exact) mass is 242 g/mol. The molecule has 0 saturated carbocycles. The van der Waals surface area contributed by atoms with E-state index >= 15 is 0 Å². The number of ether oxygens (including phenoxy) is 1. The first-order valence-electron chi connectivity index (χ1n) is 7.53. The highest BCUT2D eigenvalue weighted by Gasteiger charge is 2.25. The molecule has 0 aromatic carbocycles. The predicted octanol–water partition coefficient (Wildman–Crippen LogP) is 5.58. The average molecular weight is 242 g/mol. The molecule has 0 amide bonds. The molecule has 1 atom stereocenters. The van der Waals surface area contributed by atoms with Crippen molar-refractivity contribution in [2.24, 2.45) is 5.41 Å². The van der Waals surface area contributed by atoms with Gasteiger partial charge in [-0.2, -0.15) is 0 Å². The molecule has 0 aliphatic heterocycles. The first-order chi connectivity index (χ1) is 7.88.